The molecule has 16 atom stereocenters. The number of methoxy groups -OCH3 is 4. The number of ketones is 2. The zero-order valence-electron chi connectivity index (χ0n) is 41.7. The molecule has 1 amide bonds. The number of piperidine rings is 1. The summed E-state index contributed by atoms with van der Waals surface area (Å²) in [5.41, 5.74) is 1.60. The summed E-state index contributed by atoms with van der Waals surface area (Å²) < 4.78 is 35.7. The van der Waals surface area contributed by atoms with Gasteiger partial charge in [0, 0.05) is 65.6 Å². The smallest absolute Gasteiger partial charge is 0.329 e. The second-order valence-electron chi connectivity index (χ2n) is 20.0. The van der Waals surface area contributed by atoms with E-state index in [1.54, 1.807) is 21.1 Å². The average Bonchev–Trinajstić information content (AvgIpc) is 3.29. The molecule has 1 aliphatic carbocycles. The second-order valence-corrected chi connectivity index (χ2v) is 20.0. The molecule has 4 rings (SSSR count). The fraction of sp³-hybridized carbons (Fsp3) is 0.769. The minimum Gasteiger partial charge on any atom is -0.460 e. The lowest BCUT2D eigenvalue weighted by molar-refractivity contribution is -0.265. The Bertz CT molecular complexity index is 1730. The Hall–Kier alpha value is -3.08. The fourth-order valence-corrected chi connectivity index (χ4v) is 10.6. The van der Waals surface area contributed by atoms with Gasteiger partial charge in [-0.3, -0.25) is 14.4 Å². The summed E-state index contributed by atoms with van der Waals surface area (Å²) >= 11 is 0. The van der Waals surface area contributed by atoms with Crippen molar-refractivity contribution in [2.75, 3.05) is 35.0 Å². The number of carbonyl (C=O) groups is 4. The first kappa shape index (κ1) is 55.5. The van der Waals surface area contributed by atoms with E-state index in [1.807, 2.05) is 71.1 Å². The number of rotatable bonds is 7. The van der Waals surface area contributed by atoms with E-state index < -0.39 is 84.1 Å². The molecule has 1 saturated carbocycles. The highest BCUT2D eigenvalue weighted by Crippen LogP contribution is 2.38. The number of esters is 1. The lowest BCUT2D eigenvalue weighted by Gasteiger charge is -2.43. The van der Waals surface area contributed by atoms with Gasteiger partial charge in [-0.15, -0.1) is 0 Å². The molecule has 3 fully saturated rings. The monoisotopic (exact) mass is 930 g/mol. The number of fused-ring (bicyclic) bond motifs is 3. The predicted octanol–water partition coefficient (Wildman–Crippen LogP) is 6.63. The van der Waals surface area contributed by atoms with Crippen LogP contribution in [-0.2, 0) is 47.6 Å². The minimum atomic E-state index is -2.41. The maximum atomic E-state index is 14.4. The van der Waals surface area contributed by atoms with E-state index >= 15 is 0 Å². The number of aliphatic hydroxyl groups is 3. The van der Waals surface area contributed by atoms with Crippen molar-refractivity contribution in [2.45, 2.75) is 186 Å². The molecular formula is C52H83NO13. The molecule has 2 saturated heterocycles. The molecule has 0 aromatic carbocycles. The van der Waals surface area contributed by atoms with Gasteiger partial charge in [0.1, 0.15) is 24.4 Å². The van der Waals surface area contributed by atoms with Crippen LogP contribution >= 0.6 is 0 Å². The van der Waals surface area contributed by atoms with Gasteiger partial charge in [-0.2, -0.15) is 0 Å². The van der Waals surface area contributed by atoms with Crippen molar-refractivity contribution in [3.63, 3.8) is 0 Å². The number of ether oxygens (including phenoxy) is 6. The summed E-state index contributed by atoms with van der Waals surface area (Å²) in [6, 6.07) is -1.09. The van der Waals surface area contributed by atoms with Crippen LogP contribution in [0.2, 0.25) is 0 Å². The molecule has 14 heteroatoms. The Morgan fingerprint density at radius 3 is 2.17 bits per heavy atom. The molecule has 1 unspecified atom stereocenters. The van der Waals surface area contributed by atoms with Gasteiger partial charge in [0.05, 0.1) is 30.5 Å². The summed E-state index contributed by atoms with van der Waals surface area (Å²) in [5, 5.41) is 34.4. The van der Waals surface area contributed by atoms with Crippen LogP contribution in [0.1, 0.15) is 126 Å². The Labute approximate surface area is 394 Å². The third-order valence-electron chi connectivity index (χ3n) is 14.9. The normalized spacial score (nSPS) is 39.8. The van der Waals surface area contributed by atoms with Gasteiger partial charge in [-0.25, -0.2) is 4.79 Å². The molecule has 14 nitrogen and oxygen atoms in total. The number of hydrogen-bond donors (Lipinski definition) is 3. The van der Waals surface area contributed by atoms with Crippen LogP contribution in [0.3, 0.4) is 0 Å². The van der Waals surface area contributed by atoms with Gasteiger partial charge < -0.3 is 48.6 Å². The zero-order valence-corrected chi connectivity index (χ0v) is 41.7. The highest BCUT2D eigenvalue weighted by molar-refractivity contribution is 6.39. The first-order chi connectivity index (χ1) is 31.3. The average molecular weight is 930 g/mol. The Morgan fingerprint density at radius 1 is 0.788 bits per heavy atom. The van der Waals surface area contributed by atoms with Gasteiger partial charge in [-0.05, 0) is 107 Å². The zero-order chi connectivity index (χ0) is 48.9. The van der Waals surface area contributed by atoms with Crippen LogP contribution < -0.4 is 0 Å². The van der Waals surface area contributed by atoms with Crippen molar-refractivity contribution in [2.24, 2.45) is 35.5 Å². The van der Waals surface area contributed by atoms with Crippen molar-refractivity contribution in [3.05, 3.63) is 47.6 Å². The van der Waals surface area contributed by atoms with Gasteiger partial charge in [0.25, 0.3) is 11.7 Å². The van der Waals surface area contributed by atoms with Crippen molar-refractivity contribution < 1.29 is 62.9 Å². The molecular weight excluding hydrogens is 847 g/mol. The highest BCUT2D eigenvalue weighted by Gasteiger charge is 2.53. The third kappa shape index (κ3) is 14.5. The molecule has 2 bridgehead atoms. The van der Waals surface area contributed by atoms with E-state index in [0.717, 1.165) is 12.0 Å². The molecule has 0 spiro atoms. The van der Waals surface area contributed by atoms with Gasteiger partial charge in [-0.1, -0.05) is 71.1 Å². The number of aliphatic hydroxyl groups excluding tert-OH is 2. The van der Waals surface area contributed by atoms with Crippen LogP contribution in [0.15, 0.2) is 47.6 Å². The molecule has 374 valence electrons. The minimum absolute atomic E-state index is 0.0615. The molecule has 3 N–H and O–H groups in total. The molecule has 3 heterocycles. The standard InChI is InChI=1S/C52H83NO13/c1-31-17-13-12-14-18-32(2)43(61-8)29-39-22-20-37(7)52(60,66-39)49(57)50(58)53-24-16-15-19-40(53)51(59)65-44(34(4)27-38-21-23-41(54)45(28-38)62-9)30-42(55)33(3)26-36(6)47(63-10)48(64-11)46(56)35(5)25-31/h12-14,17-18,26,31,33-35,37-45,47-48,54-55,60H,15-16,19-25,27-30H2,1-11H3/b14-12?,17-13+,32-18?,36-26+/t31-,33-,34-,35-,37-,38+,39+,40+,41-,42?,43+,44+,45-,47-,48+,52-/m1/s1. The van der Waals surface area contributed by atoms with E-state index in [2.05, 4.69) is 6.92 Å². The summed E-state index contributed by atoms with van der Waals surface area (Å²) in [4.78, 5) is 58.1. The number of amides is 1. The molecule has 0 aromatic rings. The number of allylic oxidation sites excluding steroid dienone is 5. The van der Waals surface area contributed by atoms with Crippen molar-refractivity contribution in [1.82, 2.24) is 4.90 Å². The second kappa shape index (κ2) is 26.1. The summed E-state index contributed by atoms with van der Waals surface area (Å²) in [6.07, 6.45) is 12.3. The number of cyclic esters (lactones) is 1. The first-order valence-electron chi connectivity index (χ1n) is 24.5. The summed E-state index contributed by atoms with van der Waals surface area (Å²) in [7, 11) is 6.21. The fourth-order valence-electron chi connectivity index (χ4n) is 10.6. The lowest BCUT2D eigenvalue weighted by Crippen LogP contribution is -2.61. The Kier molecular flexibility index (Phi) is 21.9. The highest BCUT2D eigenvalue weighted by atomic mass is 16.6. The SMILES string of the molecule is CO[C@H]1C[C@@H]2CC[C@@H](C)[C@@](O)(O2)C(=O)C(=O)N2CCCC[C@H]2C(=O)O[C@H]([C@H](C)C[C@@H]2CC[C@@H](O)[C@H](OC)C2)CC(O)[C@H](C)/C=C(\C)[C@@H](OC)[C@@H](OC)C(=O)[C@H](C)C[C@H](C)/C=C/C=CC=C1C. The Morgan fingerprint density at radius 2 is 1.50 bits per heavy atom. The van der Waals surface area contributed by atoms with E-state index in [-0.39, 0.29) is 54.9 Å². The first-order valence-corrected chi connectivity index (χ1v) is 24.5. The lowest BCUT2D eigenvalue weighted by atomic mass is 9.78. The summed E-state index contributed by atoms with van der Waals surface area (Å²) in [6.45, 7) is 13.4. The number of nitrogens with zero attached hydrogens (tertiary/aromatic N) is 1. The molecule has 66 heavy (non-hydrogen) atoms. The third-order valence-corrected chi connectivity index (χ3v) is 14.9. The van der Waals surface area contributed by atoms with Gasteiger partial charge >= 0.3 is 5.97 Å². The van der Waals surface area contributed by atoms with Gasteiger partial charge in [0.15, 0.2) is 5.78 Å². The molecule has 3 aliphatic heterocycles. The van der Waals surface area contributed by atoms with Crippen molar-refractivity contribution >= 4 is 23.4 Å². The van der Waals surface area contributed by atoms with Crippen molar-refractivity contribution in [1.29, 1.82) is 0 Å². The van der Waals surface area contributed by atoms with Crippen molar-refractivity contribution in [3.8, 4) is 0 Å². The quantitative estimate of drug-likeness (QED) is 0.141. The maximum Gasteiger partial charge on any atom is 0.329 e. The van der Waals surface area contributed by atoms with Crippen LogP contribution in [0.25, 0.3) is 0 Å². The van der Waals surface area contributed by atoms with Crippen LogP contribution in [0.4, 0.5) is 0 Å². The Balaban J connectivity index is 1.72. The molecule has 4 aliphatic rings. The van der Waals surface area contributed by atoms with E-state index in [4.69, 9.17) is 28.4 Å². The van der Waals surface area contributed by atoms with E-state index in [9.17, 15) is 34.5 Å². The van der Waals surface area contributed by atoms with Gasteiger partial charge in [0.2, 0.25) is 5.79 Å². The summed E-state index contributed by atoms with van der Waals surface area (Å²) in [5.74, 6) is -6.81. The molecule has 0 aromatic heterocycles. The predicted molar refractivity (Wildman–Crippen MR) is 251 cm³/mol. The van der Waals surface area contributed by atoms with E-state index in [0.29, 0.717) is 63.4 Å². The maximum absolute atomic E-state index is 14.4. The molecule has 0 radical (unpaired) electrons. The number of hydrogen-bond acceptors (Lipinski definition) is 13. The van der Waals surface area contributed by atoms with Crippen LogP contribution in [0.5, 0.6) is 0 Å². The van der Waals surface area contributed by atoms with E-state index in [1.165, 1.54) is 19.1 Å². The number of Topliss-reactive ketones (excluding diaryl/α,β-unsaturated/α-hetero) is 2. The van der Waals surface area contributed by atoms with Crippen LogP contribution in [0, 0.1) is 35.5 Å². The van der Waals surface area contributed by atoms with Crippen LogP contribution in [-0.4, -0.2) is 139 Å². The topological polar surface area (TPSA) is 188 Å². The number of carbonyl (C=O) groups excluding carboxylic acids is 4. The largest absolute Gasteiger partial charge is 0.460 e.